The van der Waals surface area contributed by atoms with Gasteiger partial charge in [0.1, 0.15) is 21.5 Å². The number of hydrogen-bond acceptors (Lipinski definition) is 5. The smallest absolute Gasteiger partial charge is 0.341 e. The first-order valence-electron chi connectivity index (χ1n) is 8.31. The maximum Gasteiger partial charge on any atom is 0.341 e. The Kier molecular flexibility index (Phi) is 6.87. The molecule has 0 radical (unpaired) electrons. The van der Waals surface area contributed by atoms with Crippen LogP contribution < -0.4 is 14.2 Å². The summed E-state index contributed by atoms with van der Waals surface area (Å²) in [6.45, 7) is -0.769. The molecule has 0 saturated heterocycles. The number of nitrogens with zero attached hydrogens (tertiary/aromatic N) is 1. The van der Waals surface area contributed by atoms with Gasteiger partial charge >= 0.3 is 5.97 Å². The van der Waals surface area contributed by atoms with Crippen LogP contribution >= 0.6 is 34.8 Å². The standard InChI is InChI=1S/C20H13Cl3FNO5/c1-28-14-6-5-12(8-13(14)10-3-2-4-11(21)7-10)30-18-16(22)19(24)25-20(17(18)23)29-9-15(26)27/h2-8H,9H2,1H3,(H,26,27). The predicted octanol–water partition coefficient (Wildman–Crippen LogP) is 6.11. The van der Waals surface area contributed by atoms with Crippen molar-refractivity contribution in [3.63, 3.8) is 0 Å². The Morgan fingerprint density at radius 1 is 1.13 bits per heavy atom. The topological polar surface area (TPSA) is 77.9 Å². The molecule has 3 rings (SSSR count). The average molecular weight is 473 g/mol. The van der Waals surface area contributed by atoms with Gasteiger partial charge in [-0.25, -0.2) is 4.79 Å². The number of pyridine rings is 1. The van der Waals surface area contributed by atoms with E-state index in [1.54, 1.807) is 36.4 Å². The zero-order valence-electron chi connectivity index (χ0n) is 15.3. The maximum atomic E-state index is 14.1. The third-order valence-electron chi connectivity index (χ3n) is 3.83. The molecule has 6 nitrogen and oxygen atoms in total. The van der Waals surface area contributed by atoms with Crippen molar-refractivity contribution >= 4 is 40.8 Å². The summed E-state index contributed by atoms with van der Waals surface area (Å²) in [5.41, 5.74) is 1.41. The summed E-state index contributed by atoms with van der Waals surface area (Å²) in [4.78, 5) is 14.1. The van der Waals surface area contributed by atoms with E-state index >= 15 is 0 Å². The number of carboxylic acid groups (broad SMARTS) is 1. The first-order valence-corrected chi connectivity index (χ1v) is 9.44. The van der Waals surface area contributed by atoms with Gasteiger partial charge in [0.15, 0.2) is 12.4 Å². The molecular formula is C20H13Cl3FNO5. The number of aliphatic carboxylic acids is 1. The van der Waals surface area contributed by atoms with Crippen LogP contribution in [0.15, 0.2) is 42.5 Å². The van der Waals surface area contributed by atoms with E-state index in [9.17, 15) is 9.18 Å². The van der Waals surface area contributed by atoms with Crippen LogP contribution in [0.25, 0.3) is 11.1 Å². The van der Waals surface area contributed by atoms with Gasteiger partial charge in [0.05, 0.1) is 7.11 Å². The number of methoxy groups -OCH3 is 1. The molecule has 1 heterocycles. The van der Waals surface area contributed by atoms with Gasteiger partial charge in [-0.05, 0) is 35.9 Å². The molecule has 3 aromatic rings. The number of hydrogen-bond donors (Lipinski definition) is 1. The second kappa shape index (κ2) is 9.38. The highest BCUT2D eigenvalue weighted by atomic mass is 35.5. The number of halogens is 4. The second-order valence-electron chi connectivity index (χ2n) is 5.82. The van der Waals surface area contributed by atoms with Gasteiger partial charge < -0.3 is 19.3 Å². The zero-order chi connectivity index (χ0) is 21.8. The molecule has 30 heavy (non-hydrogen) atoms. The lowest BCUT2D eigenvalue weighted by Gasteiger charge is -2.15. The fourth-order valence-corrected chi connectivity index (χ4v) is 3.18. The van der Waals surface area contributed by atoms with Crippen LogP contribution in [0.5, 0.6) is 23.1 Å². The lowest BCUT2D eigenvalue weighted by atomic mass is 10.0. The molecule has 0 spiro atoms. The Hall–Kier alpha value is -2.74. The van der Waals surface area contributed by atoms with Crippen molar-refractivity contribution in [3.8, 4) is 34.3 Å². The van der Waals surface area contributed by atoms with Crippen molar-refractivity contribution in [2.75, 3.05) is 13.7 Å². The molecule has 0 unspecified atom stereocenters. The largest absolute Gasteiger partial charge is 0.496 e. The second-order valence-corrected chi connectivity index (χ2v) is 7.01. The zero-order valence-corrected chi connectivity index (χ0v) is 17.6. The summed E-state index contributed by atoms with van der Waals surface area (Å²) >= 11 is 18.2. The highest BCUT2D eigenvalue weighted by Gasteiger charge is 2.22. The highest BCUT2D eigenvalue weighted by Crippen LogP contribution is 2.43. The normalized spacial score (nSPS) is 10.6. The van der Waals surface area contributed by atoms with Gasteiger partial charge in [-0.2, -0.15) is 9.37 Å². The molecule has 0 aliphatic heterocycles. The molecule has 0 aliphatic rings. The molecule has 0 aliphatic carbocycles. The molecule has 0 saturated carbocycles. The van der Waals surface area contributed by atoms with Crippen LogP contribution in [-0.4, -0.2) is 29.8 Å². The van der Waals surface area contributed by atoms with E-state index in [-0.39, 0.29) is 16.5 Å². The summed E-state index contributed by atoms with van der Waals surface area (Å²) < 4.78 is 30.1. The number of benzene rings is 2. The van der Waals surface area contributed by atoms with E-state index in [0.717, 1.165) is 5.56 Å². The van der Waals surface area contributed by atoms with Crippen LogP contribution in [0.1, 0.15) is 0 Å². The summed E-state index contributed by atoms with van der Waals surface area (Å²) in [5, 5.41) is 8.51. The Labute approximate surface area is 185 Å². The number of carbonyl (C=O) groups is 1. The van der Waals surface area contributed by atoms with Crippen LogP contribution in [-0.2, 0) is 4.79 Å². The lowest BCUT2D eigenvalue weighted by molar-refractivity contribution is -0.139. The van der Waals surface area contributed by atoms with Gasteiger partial charge in [0.25, 0.3) is 0 Å². The Morgan fingerprint density at radius 2 is 1.90 bits per heavy atom. The Balaban J connectivity index is 2.02. The molecular weight excluding hydrogens is 460 g/mol. The quantitative estimate of drug-likeness (QED) is 0.418. The summed E-state index contributed by atoms with van der Waals surface area (Å²) in [6.07, 6.45) is 0. The monoisotopic (exact) mass is 471 g/mol. The van der Waals surface area contributed by atoms with E-state index in [0.29, 0.717) is 16.3 Å². The van der Waals surface area contributed by atoms with E-state index in [2.05, 4.69) is 4.98 Å². The fraction of sp³-hybridized carbons (Fsp3) is 0.100. The van der Waals surface area contributed by atoms with Crippen molar-refractivity contribution in [2.24, 2.45) is 0 Å². The van der Waals surface area contributed by atoms with Crippen molar-refractivity contribution in [1.82, 2.24) is 4.98 Å². The number of ether oxygens (including phenoxy) is 3. The average Bonchev–Trinajstić information content (AvgIpc) is 2.72. The molecule has 0 bridgehead atoms. The van der Waals surface area contributed by atoms with Crippen molar-refractivity contribution in [1.29, 1.82) is 0 Å². The molecule has 10 heteroatoms. The maximum absolute atomic E-state index is 14.1. The number of aromatic nitrogens is 1. The predicted molar refractivity (Wildman–Crippen MR) is 111 cm³/mol. The van der Waals surface area contributed by atoms with E-state index < -0.39 is 29.4 Å². The van der Waals surface area contributed by atoms with Crippen LogP contribution in [0.2, 0.25) is 15.1 Å². The van der Waals surface area contributed by atoms with Gasteiger partial charge in [-0.3, -0.25) is 0 Å². The fourth-order valence-electron chi connectivity index (χ4n) is 2.54. The Morgan fingerprint density at radius 3 is 2.57 bits per heavy atom. The molecule has 156 valence electrons. The summed E-state index contributed by atoms with van der Waals surface area (Å²) in [6, 6.07) is 11.9. The van der Waals surface area contributed by atoms with Gasteiger partial charge in [-0.1, -0.05) is 46.9 Å². The van der Waals surface area contributed by atoms with Crippen LogP contribution in [0.4, 0.5) is 4.39 Å². The lowest BCUT2D eigenvalue weighted by Crippen LogP contribution is -2.11. The molecule has 1 aromatic heterocycles. The third kappa shape index (κ3) is 4.87. The first-order chi connectivity index (χ1) is 14.3. The number of carboxylic acids is 1. The van der Waals surface area contributed by atoms with Crippen LogP contribution in [0.3, 0.4) is 0 Å². The minimum atomic E-state index is -1.29. The van der Waals surface area contributed by atoms with Crippen molar-refractivity contribution in [2.45, 2.75) is 0 Å². The molecule has 0 fully saturated rings. The molecule has 0 atom stereocenters. The van der Waals surface area contributed by atoms with E-state index in [1.807, 2.05) is 6.07 Å². The van der Waals surface area contributed by atoms with E-state index in [1.165, 1.54) is 7.11 Å². The Bertz CT molecular complexity index is 1110. The van der Waals surface area contributed by atoms with Gasteiger partial charge in [0, 0.05) is 10.6 Å². The molecule has 1 N–H and O–H groups in total. The minimum Gasteiger partial charge on any atom is -0.496 e. The van der Waals surface area contributed by atoms with E-state index in [4.69, 9.17) is 54.1 Å². The van der Waals surface area contributed by atoms with Crippen LogP contribution in [0, 0.1) is 5.95 Å². The first kappa shape index (κ1) is 22.0. The minimum absolute atomic E-state index is 0.254. The number of rotatable bonds is 7. The summed E-state index contributed by atoms with van der Waals surface area (Å²) in [7, 11) is 1.52. The van der Waals surface area contributed by atoms with Crippen molar-refractivity contribution < 1.29 is 28.5 Å². The van der Waals surface area contributed by atoms with Gasteiger partial charge in [-0.15, -0.1) is 0 Å². The molecule has 0 amide bonds. The highest BCUT2D eigenvalue weighted by molar-refractivity contribution is 6.38. The molecule has 2 aromatic carbocycles. The SMILES string of the molecule is COc1ccc(Oc2c(Cl)c(F)nc(OCC(=O)O)c2Cl)cc1-c1cccc(Cl)c1. The van der Waals surface area contributed by atoms with Crippen molar-refractivity contribution in [3.05, 3.63) is 63.5 Å². The third-order valence-corrected chi connectivity index (χ3v) is 4.72. The summed E-state index contributed by atoms with van der Waals surface area (Å²) in [5.74, 6) is -2.34. The van der Waals surface area contributed by atoms with Gasteiger partial charge in [0.2, 0.25) is 11.8 Å².